The molecule has 3 N–H and O–H groups in total. The third-order valence-electron chi connectivity index (χ3n) is 2.44. The first kappa shape index (κ1) is 13.6. The van der Waals surface area contributed by atoms with Crippen molar-refractivity contribution in [1.29, 1.82) is 0 Å². The van der Waals surface area contributed by atoms with Gasteiger partial charge < -0.3 is 10.8 Å². The van der Waals surface area contributed by atoms with E-state index in [0.29, 0.717) is 0 Å². The average Bonchev–Trinajstić information content (AvgIpc) is 2.32. The molecule has 0 saturated carbocycles. The predicted molar refractivity (Wildman–Crippen MR) is 71.0 cm³/mol. The van der Waals surface area contributed by atoms with Crippen molar-refractivity contribution in [2.24, 2.45) is 0 Å². The van der Waals surface area contributed by atoms with E-state index in [9.17, 15) is 9.18 Å². The van der Waals surface area contributed by atoms with Gasteiger partial charge in [-0.05, 0) is 24.3 Å². The Kier molecular flexibility index (Phi) is 3.59. The zero-order valence-electron chi connectivity index (χ0n) is 9.32. The van der Waals surface area contributed by atoms with Crippen LogP contribution in [0.2, 0.25) is 10.2 Å². The van der Waals surface area contributed by atoms with Crippen molar-refractivity contribution in [2.75, 3.05) is 5.73 Å². The van der Waals surface area contributed by atoms with E-state index in [1.165, 1.54) is 12.1 Å². The van der Waals surface area contributed by atoms with E-state index < -0.39 is 11.8 Å². The lowest BCUT2D eigenvalue weighted by molar-refractivity contribution is 0.0698. The average molecular weight is 301 g/mol. The van der Waals surface area contributed by atoms with E-state index in [1.807, 2.05) is 0 Å². The standard InChI is InChI=1S/C12H7Cl2FN2O2/c13-5-1-2-6(8(15)3-5)11-10(16)7(12(18)19)4-9(14)17-11/h1-4H,16H2,(H,18,19). The molecule has 0 spiro atoms. The van der Waals surface area contributed by atoms with Gasteiger partial charge >= 0.3 is 5.97 Å². The summed E-state index contributed by atoms with van der Waals surface area (Å²) in [6.45, 7) is 0. The van der Waals surface area contributed by atoms with E-state index in [-0.39, 0.29) is 32.7 Å². The van der Waals surface area contributed by atoms with E-state index in [2.05, 4.69) is 4.98 Å². The SMILES string of the molecule is Nc1c(C(=O)O)cc(Cl)nc1-c1ccc(Cl)cc1F. The Morgan fingerprint density at radius 3 is 2.58 bits per heavy atom. The third-order valence-corrected chi connectivity index (χ3v) is 2.87. The lowest BCUT2D eigenvalue weighted by atomic mass is 10.1. The molecule has 0 radical (unpaired) electrons. The van der Waals surface area contributed by atoms with Crippen molar-refractivity contribution < 1.29 is 14.3 Å². The normalized spacial score (nSPS) is 10.5. The van der Waals surface area contributed by atoms with E-state index in [4.69, 9.17) is 34.0 Å². The van der Waals surface area contributed by atoms with Crippen molar-refractivity contribution in [3.8, 4) is 11.3 Å². The first-order valence-corrected chi connectivity index (χ1v) is 5.80. The van der Waals surface area contributed by atoms with Crippen LogP contribution in [0.3, 0.4) is 0 Å². The van der Waals surface area contributed by atoms with Gasteiger partial charge in [0, 0.05) is 10.6 Å². The minimum atomic E-state index is -1.27. The zero-order chi connectivity index (χ0) is 14.2. The van der Waals surface area contributed by atoms with Gasteiger partial charge in [-0.25, -0.2) is 14.2 Å². The summed E-state index contributed by atoms with van der Waals surface area (Å²) >= 11 is 11.4. The highest BCUT2D eigenvalue weighted by atomic mass is 35.5. The molecular formula is C12H7Cl2FN2O2. The van der Waals surface area contributed by atoms with Gasteiger partial charge in [-0.15, -0.1) is 0 Å². The molecule has 2 aromatic rings. The van der Waals surface area contributed by atoms with E-state index >= 15 is 0 Å². The summed E-state index contributed by atoms with van der Waals surface area (Å²) in [7, 11) is 0. The highest BCUT2D eigenvalue weighted by Gasteiger charge is 2.18. The van der Waals surface area contributed by atoms with Gasteiger partial charge in [-0.2, -0.15) is 0 Å². The molecule has 19 heavy (non-hydrogen) atoms. The molecule has 1 aromatic heterocycles. The molecule has 0 aliphatic rings. The molecule has 0 aliphatic carbocycles. The molecule has 98 valence electrons. The van der Waals surface area contributed by atoms with Crippen molar-refractivity contribution >= 4 is 34.9 Å². The summed E-state index contributed by atoms with van der Waals surface area (Å²) in [6, 6.07) is 5.00. The maximum Gasteiger partial charge on any atom is 0.337 e. The summed E-state index contributed by atoms with van der Waals surface area (Å²) in [5, 5.41) is 9.12. The van der Waals surface area contributed by atoms with Gasteiger partial charge in [-0.1, -0.05) is 23.2 Å². The summed E-state index contributed by atoms with van der Waals surface area (Å²) in [4.78, 5) is 14.9. The molecule has 0 bridgehead atoms. The van der Waals surface area contributed by atoms with Crippen molar-refractivity contribution in [3.63, 3.8) is 0 Å². The first-order valence-electron chi connectivity index (χ1n) is 5.05. The van der Waals surface area contributed by atoms with Crippen LogP contribution >= 0.6 is 23.2 Å². The number of aromatic nitrogens is 1. The van der Waals surface area contributed by atoms with Gasteiger partial charge in [0.2, 0.25) is 0 Å². The monoisotopic (exact) mass is 300 g/mol. The number of carboxylic acids is 1. The Bertz CT molecular complexity index is 677. The first-order chi connectivity index (χ1) is 8.90. The number of hydrogen-bond donors (Lipinski definition) is 2. The second-order valence-electron chi connectivity index (χ2n) is 3.68. The minimum Gasteiger partial charge on any atom is -0.478 e. The molecule has 4 nitrogen and oxygen atoms in total. The van der Waals surface area contributed by atoms with Crippen molar-refractivity contribution in [1.82, 2.24) is 4.98 Å². The maximum absolute atomic E-state index is 13.8. The van der Waals surface area contributed by atoms with E-state index in [1.54, 1.807) is 0 Å². The molecule has 0 fully saturated rings. The number of rotatable bonds is 2. The molecule has 2 rings (SSSR count). The van der Waals surface area contributed by atoms with Crippen LogP contribution in [0.4, 0.5) is 10.1 Å². The third kappa shape index (κ3) is 2.62. The van der Waals surface area contributed by atoms with Crippen LogP contribution in [-0.2, 0) is 0 Å². The summed E-state index contributed by atoms with van der Waals surface area (Å²) < 4.78 is 13.8. The summed E-state index contributed by atoms with van der Waals surface area (Å²) in [5.41, 5.74) is 5.31. The van der Waals surface area contributed by atoms with Crippen LogP contribution in [0.15, 0.2) is 24.3 Å². The van der Waals surface area contributed by atoms with Crippen LogP contribution in [-0.4, -0.2) is 16.1 Å². The number of nitrogens with two attached hydrogens (primary N) is 1. The van der Waals surface area contributed by atoms with Crippen LogP contribution in [0.5, 0.6) is 0 Å². The number of anilines is 1. The lowest BCUT2D eigenvalue weighted by Gasteiger charge is -2.09. The van der Waals surface area contributed by atoms with Crippen LogP contribution in [0.25, 0.3) is 11.3 Å². The Labute approximate surface area is 117 Å². The summed E-state index contributed by atoms with van der Waals surface area (Å²) in [5.74, 6) is -1.93. The smallest absolute Gasteiger partial charge is 0.337 e. The second-order valence-corrected chi connectivity index (χ2v) is 4.51. The second kappa shape index (κ2) is 5.03. The number of halogens is 3. The van der Waals surface area contributed by atoms with Gasteiger partial charge in [0.1, 0.15) is 11.0 Å². The molecular weight excluding hydrogens is 294 g/mol. The number of pyridine rings is 1. The maximum atomic E-state index is 13.8. The number of nitrogens with zero attached hydrogens (tertiary/aromatic N) is 1. The molecule has 0 atom stereocenters. The van der Waals surface area contributed by atoms with Gasteiger partial charge in [0.05, 0.1) is 16.9 Å². The fourth-order valence-electron chi connectivity index (χ4n) is 1.59. The van der Waals surface area contributed by atoms with Crippen molar-refractivity contribution in [2.45, 2.75) is 0 Å². The quantitative estimate of drug-likeness (QED) is 0.833. The van der Waals surface area contributed by atoms with Crippen molar-refractivity contribution in [3.05, 3.63) is 45.8 Å². The Balaban J connectivity index is 2.72. The number of nitrogen functional groups attached to an aromatic ring is 1. The molecule has 1 heterocycles. The largest absolute Gasteiger partial charge is 0.478 e. The number of benzene rings is 1. The van der Waals surface area contributed by atoms with Crippen LogP contribution in [0.1, 0.15) is 10.4 Å². The number of carboxylic acid groups (broad SMARTS) is 1. The van der Waals surface area contributed by atoms with Gasteiger partial charge in [0.25, 0.3) is 0 Å². The predicted octanol–water partition coefficient (Wildman–Crippen LogP) is 3.47. The van der Waals surface area contributed by atoms with Gasteiger partial charge in [-0.3, -0.25) is 0 Å². The highest BCUT2D eigenvalue weighted by molar-refractivity contribution is 6.31. The molecule has 0 unspecified atom stereocenters. The topological polar surface area (TPSA) is 76.2 Å². The Morgan fingerprint density at radius 1 is 1.32 bits per heavy atom. The fraction of sp³-hybridized carbons (Fsp3) is 0. The number of aromatic carboxylic acids is 1. The lowest BCUT2D eigenvalue weighted by Crippen LogP contribution is -2.06. The van der Waals surface area contributed by atoms with E-state index in [0.717, 1.165) is 12.1 Å². The molecule has 0 saturated heterocycles. The fourth-order valence-corrected chi connectivity index (χ4v) is 1.94. The molecule has 0 aliphatic heterocycles. The van der Waals surface area contributed by atoms with Crippen LogP contribution < -0.4 is 5.73 Å². The Morgan fingerprint density at radius 2 is 2.00 bits per heavy atom. The van der Waals surface area contributed by atoms with Crippen LogP contribution in [0, 0.1) is 5.82 Å². The molecule has 1 aromatic carbocycles. The summed E-state index contributed by atoms with van der Waals surface area (Å²) in [6.07, 6.45) is 0. The molecule has 0 amide bonds. The Hall–Kier alpha value is -1.85. The molecule has 7 heteroatoms. The zero-order valence-corrected chi connectivity index (χ0v) is 10.8. The highest BCUT2D eigenvalue weighted by Crippen LogP contribution is 2.31. The number of hydrogen-bond acceptors (Lipinski definition) is 3. The minimum absolute atomic E-state index is 0.0286. The van der Waals surface area contributed by atoms with Gasteiger partial charge in [0.15, 0.2) is 0 Å². The number of carbonyl (C=O) groups is 1.